The van der Waals surface area contributed by atoms with Gasteiger partial charge in [0.2, 0.25) is 0 Å². The van der Waals surface area contributed by atoms with E-state index >= 15 is 0 Å². The molecule has 0 aromatic heterocycles. The Labute approximate surface area is 405 Å². The first-order valence-corrected chi connectivity index (χ1v) is 25.8. The SMILES string of the molecule is c1ccc(CC2CN3CCOCCN(CCCc4c5ccccc5cc5ccccc45)CCOCCN(CCOCCN(CCCc4c5ccccc5cc5ccccc45)CCOCC3)C2)cc1. The topological polar surface area (TPSA) is 49.9 Å². The molecule has 0 amide bonds. The van der Waals surface area contributed by atoms with E-state index in [1.807, 2.05) is 0 Å². The number of aryl methyl sites for hydroxylation is 2. The van der Waals surface area contributed by atoms with Gasteiger partial charge in [-0.2, -0.15) is 0 Å². The number of hydrogen-bond donors (Lipinski definition) is 0. The summed E-state index contributed by atoms with van der Waals surface area (Å²) >= 11 is 0. The predicted octanol–water partition coefficient (Wildman–Crippen LogP) is 10.0. The first-order valence-electron chi connectivity index (χ1n) is 25.8. The maximum absolute atomic E-state index is 6.49. The van der Waals surface area contributed by atoms with Gasteiger partial charge in [-0.25, -0.2) is 0 Å². The molecule has 358 valence electrons. The molecule has 2 aliphatic rings. The molecule has 0 N–H and O–H groups in total. The maximum atomic E-state index is 6.49. The van der Waals surface area contributed by atoms with Crippen LogP contribution in [0.3, 0.4) is 0 Å². The molecule has 2 fully saturated rings. The second-order valence-corrected chi connectivity index (χ2v) is 19.1. The molecule has 0 saturated carbocycles. The van der Waals surface area contributed by atoms with E-state index in [2.05, 4.69) is 159 Å². The van der Waals surface area contributed by atoms with Crippen molar-refractivity contribution in [1.82, 2.24) is 19.6 Å². The molecule has 7 aromatic carbocycles. The lowest BCUT2D eigenvalue weighted by atomic mass is 9.94. The number of hydrogen-bond acceptors (Lipinski definition) is 8. The average molecular weight is 915 g/mol. The summed E-state index contributed by atoms with van der Waals surface area (Å²) in [6, 6.07) is 51.2. The van der Waals surface area contributed by atoms with Crippen LogP contribution in [-0.2, 0) is 38.2 Å². The van der Waals surface area contributed by atoms with E-state index in [0.29, 0.717) is 32.3 Å². The Balaban J connectivity index is 0.836. The molecule has 8 nitrogen and oxygen atoms in total. The quantitative estimate of drug-likeness (QED) is 0.126. The van der Waals surface area contributed by atoms with Crippen LogP contribution in [0.25, 0.3) is 43.1 Å². The number of nitrogens with zero attached hydrogens (tertiary/aromatic N) is 4. The van der Waals surface area contributed by atoms with E-state index in [1.54, 1.807) is 0 Å². The fourth-order valence-electron chi connectivity index (χ4n) is 10.8. The van der Waals surface area contributed by atoms with Gasteiger partial charge < -0.3 is 18.9 Å². The lowest BCUT2D eigenvalue weighted by Gasteiger charge is -2.33. The highest BCUT2D eigenvalue weighted by Gasteiger charge is 2.21. The number of rotatable bonds is 10. The number of benzene rings is 7. The number of fused-ring (bicyclic) bond motifs is 8. The van der Waals surface area contributed by atoms with Gasteiger partial charge in [0.25, 0.3) is 0 Å². The molecule has 8 heteroatoms. The van der Waals surface area contributed by atoms with E-state index in [9.17, 15) is 0 Å². The summed E-state index contributed by atoms with van der Waals surface area (Å²) in [7, 11) is 0. The summed E-state index contributed by atoms with van der Waals surface area (Å²) in [6.07, 6.45) is 5.29. The molecule has 2 heterocycles. The zero-order chi connectivity index (χ0) is 46.0. The summed E-state index contributed by atoms with van der Waals surface area (Å²) in [5.74, 6) is 0.446. The third-order valence-electron chi connectivity index (χ3n) is 14.4. The van der Waals surface area contributed by atoms with Crippen molar-refractivity contribution < 1.29 is 18.9 Å². The Hall–Kier alpha value is -4.74. The van der Waals surface area contributed by atoms with Crippen molar-refractivity contribution in [3.05, 3.63) is 156 Å². The van der Waals surface area contributed by atoms with Gasteiger partial charge in [0, 0.05) is 65.4 Å². The van der Waals surface area contributed by atoms with Crippen molar-refractivity contribution in [1.29, 1.82) is 0 Å². The maximum Gasteiger partial charge on any atom is 0.0594 e. The second kappa shape index (κ2) is 25.7. The van der Waals surface area contributed by atoms with Gasteiger partial charge in [-0.3, -0.25) is 19.6 Å². The standard InChI is InChI=1S/C60H74N4O4/c1-2-14-49(15-3-1)44-50-47-63-32-40-65-36-28-61(26-12-24-59-55-20-8-4-16-51(55)45-52-17-5-9-21-56(52)59)29-37-66-41-33-64(48-50)35-43-68-39-31-62(30-38-67-42-34-63)27-13-25-60-57-22-10-6-18-53(57)46-54-19-7-11-23-58(54)60/h1-11,14-23,45-46,50H,12-13,24-44,47-48H2. The van der Waals surface area contributed by atoms with Crippen LogP contribution < -0.4 is 0 Å². The van der Waals surface area contributed by atoms with Crippen LogP contribution in [0.15, 0.2) is 140 Å². The molecule has 0 unspecified atom stereocenters. The third-order valence-corrected chi connectivity index (χ3v) is 14.4. The van der Waals surface area contributed by atoms with E-state index in [1.165, 1.54) is 59.8 Å². The minimum absolute atomic E-state index is 0.446. The number of ether oxygens (including phenoxy) is 4. The highest BCUT2D eigenvalue weighted by atomic mass is 16.5. The Morgan fingerprint density at radius 1 is 0.368 bits per heavy atom. The normalized spacial score (nSPS) is 21.0. The van der Waals surface area contributed by atoms with E-state index in [-0.39, 0.29) is 0 Å². The van der Waals surface area contributed by atoms with Gasteiger partial charge in [0.1, 0.15) is 0 Å². The van der Waals surface area contributed by atoms with Crippen molar-refractivity contribution >= 4 is 43.1 Å². The van der Waals surface area contributed by atoms with E-state index < -0.39 is 0 Å². The molecule has 68 heavy (non-hydrogen) atoms. The molecule has 7 aromatic rings. The summed E-state index contributed by atoms with van der Waals surface area (Å²) in [5.41, 5.74) is 4.32. The van der Waals surface area contributed by atoms with Crippen molar-refractivity contribution in [2.45, 2.75) is 32.1 Å². The van der Waals surface area contributed by atoms with Crippen LogP contribution in [-0.4, -0.2) is 151 Å². The molecule has 2 saturated heterocycles. The molecule has 0 aliphatic carbocycles. The highest BCUT2D eigenvalue weighted by Crippen LogP contribution is 2.31. The lowest BCUT2D eigenvalue weighted by molar-refractivity contribution is 0.0234. The van der Waals surface area contributed by atoms with Crippen molar-refractivity contribution in [3.63, 3.8) is 0 Å². The van der Waals surface area contributed by atoms with E-state index in [0.717, 1.165) is 137 Å². The van der Waals surface area contributed by atoms with Crippen LogP contribution in [0.4, 0.5) is 0 Å². The minimum Gasteiger partial charge on any atom is -0.379 e. The zero-order valence-electron chi connectivity index (χ0n) is 40.5. The average Bonchev–Trinajstić information content (AvgIpc) is 3.36. The Kier molecular flexibility index (Phi) is 18.3. The van der Waals surface area contributed by atoms with Crippen molar-refractivity contribution in [2.24, 2.45) is 5.92 Å². The summed E-state index contributed by atoms with van der Waals surface area (Å²) in [4.78, 5) is 10.3. The Morgan fingerprint density at radius 3 is 1.06 bits per heavy atom. The summed E-state index contributed by atoms with van der Waals surface area (Å²) in [5, 5.41) is 10.8. The summed E-state index contributed by atoms with van der Waals surface area (Å²) in [6.45, 7) is 16.9. The molecule has 9 rings (SSSR count). The Morgan fingerprint density at radius 2 is 0.691 bits per heavy atom. The summed E-state index contributed by atoms with van der Waals surface area (Å²) < 4.78 is 25.9. The first kappa shape index (κ1) is 48.3. The third kappa shape index (κ3) is 13.7. The van der Waals surface area contributed by atoms with Crippen LogP contribution in [0.5, 0.6) is 0 Å². The van der Waals surface area contributed by atoms with Crippen molar-refractivity contribution in [3.8, 4) is 0 Å². The molecular weight excluding hydrogens is 841 g/mol. The smallest absolute Gasteiger partial charge is 0.0594 e. The largest absolute Gasteiger partial charge is 0.379 e. The van der Waals surface area contributed by atoms with Crippen molar-refractivity contribution in [2.75, 3.05) is 131 Å². The first-order chi connectivity index (χ1) is 33.7. The fourth-order valence-corrected chi connectivity index (χ4v) is 10.8. The fraction of sp³-hybridized carbons (Fsp3) is 0.433. The second-order valence-electron chi connectivity index (χ2n) is 19.1. The lowest BCUT2D eigenvalue weighted by Crippen LogP contribution is -2.43. The monoisotopic (exact) mass is 915 g/mol. The molecule has 2 aliphatic heterocycles. The van der Waals surface area contributed by atoms with Gasteiger partial charge in [-0.15, -0.1) is 0 Å². The Bertz CT molecular complexity index is 2310. The molecule has 0 radical (unpaired) electrons. The molecule has 0 atom stereocenters. The minimum atomic E-state index is 0.446. The zero-order valence-corrected chi connectivity index (χ0v) is 40.5. The van der Waals surface area contributed by atoms with Gasteiger partial charge in [0.15, 0.2) is 0 Å². The molecular formula is C60H74N4O4. The van der Waals surface area contributed by atoms with E-state index in [4.69, 9.17) is 18.9 Å². The van der Waals surface area contributed by atoms with Gasteiger partial charge in [-0.1, -0.05) is 127 Å². The van der Waals surface area contributed by atoms with Gasteiger partial charge in [0.05, 0.1) is 52.9 Å². The van der Waals surface area contributed by atoms with Gasteiger partial charge >= 0.3 is 0 Å². The van der Waals surface area contributed by atoms with Crippen LogP contribution >= 0.6 is 0 Å². The molecule has 0 spiro atoms. The van der Waals surface area contributed by atoms with Gasteiger partial charge in [-0.05, 0) is 123 Å². The molecule has 2 bridgehead atoms. The van der Waals surface area contributed by atoms with Crippen LogP contribution in [0.2, 0.25) is 0 Å². The van der Waals surface area contributed by atoms with Crippen LogP contribution in [0.1, 0.15) is 29.5 Å². The van der Waals surface area contributed by atoms with Crippen LogP contribution in [0, 0.1) is 5.92 Å². The predicted molar refractivity (Wildman–Crippen MR) is 282 cm³/mol. The highest BCUT2D eigenvalue weighted by molar-refractivity contribution is 6.03.